The summed E-state index contributed by atoms with van der Waals surface area (Å²) in [6.45, 7) is 14.9. The van der Waals surface area contributed by atoms with Gasteiger partial charge in [0.1, 0.15) is 0 Å². The van der Waals surface area contributed by atoms with E-state index in [2.05, 4.69) is 58.7 Å². The van der Waals surface area contributed by atoms with Crippen molar-refractivity contribution < 1.29 is 0 Å². The molecular weight excluding hydrogens is 218 g/mol. The summed E-state index contributed by atoms with van der Waals surface area (Å²) in [5.74, 6) is 0. The van der Waals surface area contributed by atoms with Crippen LogP contribution in [0, 0.1) is 0 Å². The van der Waals surface area contributed by atoms with Crippen molar-refractivity contribution in [2.75, 3.05) is 0 Å². The predicted octanol–water partition coefficient (Wildman–Crippen LogP) is 5.36. The molecule has 1 N–H and O–H groups in total. The van der Waals surface area contributed by atoms with Crippen LogP contribution in [-0.2, 0) is 0 Å². The van der Waals surface area contributed by atoms with Gasteiger partial charge in [0.25, 0.3) is 0 Å². The van der Waals surface area contributed by atoms with Gasteiger partial charge >= 0.3 is 0 Å². The van der Waals surface area contributed by atoms with Crippen LogP contribution >= 0.6 is 0 Å². The minimum Gasteiger partial charge on any atom is -0.380 e. The molecule has 1 heteroatoms. The average molecular weight is 249 g/mol. The van der Waals surface area contributed by atoms with E-state index in [1.165, 1.54) is 32.1 Å². The number of hydrogen-bond acceptors (Lipinski definition) is 1. The van der Waals surface area contributed by atoms with Gasteiger partial charge in [-0.3, -0.25) is 0 Å². The molecule has 0 aliphatic carbocycles. The second-order valence-electron chi connectivity index (χ2n) is 5.88. The van der Waals surface area contributed by atoms with Crippen molar-refractivity contribution in [1.82, 2.24) is 5.32 Å². The van der Waals surface area contributed by atoms with Crippen LogP contribution in [0.25, 0.3) is 0 Å². The van der Waals surface area contributed by atoms with E-state index in [0.29, 0.717) is 0 Å². The first-order valence-corrected chi connectivity index (χ1v) is 7.23. The van der Waals surface area contributed by atoms with E-state index in [0.717, 1.165) is 5.70 Å². The summed E-state index contributed by atoms with van der Waals surface area (Å²) in [6.07, 6.45) is 12.5. The van der Waals surface area contributed by atoms with E-state index in [4.69, 9.17) is 0 Å². The van der Waals surface area contributed by atoms with Crippen LogP contribution < -0.4 is 5.32 Å². The third-order valence-electron chi connectivity index (χ3n) is 2.66. The van der Waals surface area contributed by atoms with Crippen LogP contribution in [0.1, 0.15) is 66.7 Å². The molecule has 0 rings (SSSR count). The molecule has 104 valence electrons. The standard InChI is InChI=1S/C17H31N/c1-7-10-12-15(11-8-2)13-14-16(9-3)18-17(4,5)6/h9,13-14,18H,3,7-8,10-12H2,1-2,4-6H3/b15-13+,16-14+. The van der Waals surface area contributed by atoms with Gasteiger partial charge in [-0.2, -0.15) is 0 Å². The molecule has 18 heavy (non-hydrogen) atoms. The fourth-order valence-corrected chi connectivity index (χ4v) is 1.82. The summed E-state index contributed by atoms with van der Waals surface area (Å²) in [6, 6.07) is 0. The number of hydrogen-bond donors (Lipinski definition) is 1. The van der Waals surface area contributed by atoms with Crippen molar-refractivity contribution in [3.8, 4) is 0 Å². The maximum atomic E-state index is 3.87. The molecule has 0 aromatic rings. The van der Waals surface area contributed by atoms with Crippen molar-refractivity contribution in [2.24, 2.45) is 0 Å². The van der Waals surface area contributed by atoms with E-state index >= 15 is 0 Å². The molecule has 0 saturated carbocycles. The van der Waals surface area contributed by atoms with E-state index in [-0.39, 0.29) is 5.54 Å². The molecule has 0 aliphatic rings. The van der Waals surface area contributed by atoms with Gasteiger partial charge < -0.3 is 5.32 Å². The summed E-state index contributed by atoms with van der Waals surface area (Å²) in [4.78, 5) is 0. The SMILES string of the molecule is C=C/C(=C\C=C(/CCC)CCCC)NC(C)(C)C. The van der Waals surface area contributed by atoms with Crippen molar-refractivity contribution in [3.63, 3.8) is 0 Å². The summed E-state index contributed by atoms with van der Waals surface area (Å²) in [5.41, 5.74) is 2.74. The molecular formula is C17H31N. The Hall–Kier alpha value is -0.980. The number of rotatable bonds is 8. The van der Waals surface area contributed by atoms with Crippen LogP contribution in [-0.4, -0.2) is 5.54 Å². The molecule has 0 aliphatic heterocycles. The Balaban J connectivity index is 4.68. The van der Waals surface area contributed by atoms with Crippen molar-refractivity contribution in [2.45, 2.75) is 72.3 Å². The van der Waals surface area contributed by atoms with Crippen LogP contribution in [0.5, 0.6) is 0 Å². The van der Waals surface area contributed by atoms with Gasteiger partial charge in [-0.25, -0.2) is 0 Å². The number of unbranched alkanes of at least 4 members (excludes halogenated alkanes) is 1. The van der Waals surface area contributed by atoms with E-state index < -0.39 is 0 Å². The first-order valence-electron chi connectivity index (χ1n) is 7.23. The Bertz CT molecular complexity index is 289. The fraction of sp³-hybridized carbons (Fsp3) is 0.647. The van der Waals surface area contributed by atoms with Crippen LogP contribution in [0.3, 0.4) is 0 Å². The van der Waals surface area contributed by atoms with Gasteiger partial charge in [-0.05, 0) is 52.2 Å². The molecule has 0 fully saturated rings. The monoisotopic (exact) mass is 249 g/mol. The fourth-order valence-electron chi connectivity index (χ4n) is 1.82. The maximum absolute atomic E-state index is 3.87. The van der Waals surface area contributed by atoms with Gasteiger partial charge in [0.15, 0.2) is 0 Å². The maximum Gasteiger partial charge on any atom is 0.0338 e. The van der Waals surface area contributed by atoms with E-state index in [1.807, 2.05) is 6.08 Å². The number of allylic oxidation sites excluding steroid dienone is 4. The van der Waals surface area contributed by atoms with Crippen molar-refractivity contribution in [1.29, 1.82) is 0 Å². The van der Waals surface area contributed by atoms with Crippen molar-refractivity contribution in [3.05, 3.63) is 36.1 Å². The largest absolute Gasteiger partial charge is 0.380 e. The molecule has 0 atom stereocenters. The van der Waals surface area contributed by atoms with Gasteiger partial charge in [0, 0.05) is 11.2 Å². The highest BCUT2D eigenvalue weighted by atomic mass is 15.0. The van der Waals surface area contributed by atoms with Gasteiger partial charge in [0.2, 0.25) is 0 Å². The predicted molar refractivity (Wildman–Crippen MR) is 83.7 cm³/mol. The normalized spacial score (nSPS) is 13.6. The Morgan fingerprint density at radius 3 is 2.17 bits per heavy atom. The highest BCUT2D eigenvalue weighted by Gasteiger charge is 2.08. The van der Waals surface area contributed by atoms with Crippen LogP contribution in [0.15, 0.2) is 36.1 Å². The Morgan fingerprint density at radius 2 is 1.72 bits per heavy atom. The molecule has 0 radical (unpaired) electrons. The zero-order valence-electron chi connectivity index (χ0n) is 13.0. The quantitative estimate of drug-likeness (QED) is 0.571. The molecule has 1 nitrogen and oxygen atoms in total. The molecule has 0 unspecified atom stereocenters. The first kappa shape index (κ1) is 17.0. The molecule has 0 aromatic heterocycles. The smallest absolute Gasteiger partial charge is 0.0338 e. The Kier molecular flexibility index (Phi) is 8.53. The lowest BCUT2D eigenvalue weighted by molar-refractivity contribution is 0.479. The molecule has 0 saturated heterocycles. The zero-order valence-corrected chi connectivity index (χ0v) is 13.0. The van der Waals surface area contributed by atoms with Crippen LogP contribution in [0.4, 0.5) is 0 Å². The highest BCUT2D eigenvalue weighted by Crippen LogP contribution is 2.14. The average Bonchev–Trinajstić information content (AvgIpc) is 2.29. The summed E-state index contributed by atoms with van der Waals surface area (Å²) < 4.78 is 0. The van der Waals surface area contributed by atoms with Gasteiger partial charge in [0.05, 0.1) is 0 Å². The molecule has 0 aromatic carbocycles. The van der Waals surface area contributed by atoms with Gasteiger partial charge in [-0.1, -0.05) is 44.9 Å². The van der Waals surface area contributed by atoms with E-state index in [1.54, 1.807) is 5.57 Å². The molecule has 0 bridgehead atoms. The first-order chi connectivity index (χ1) is 8.42. The third kappa shape index (κ3) is 9.09. The topological polar surface area (TPSA) is 12.0 Å². The Labute approximate surface area is 114 Å². The lowest BCUT2D eigenvalue weighted by Crippen LogP contribution is -2.34. The zero-order chi connectivity index (χ0) is 14.0. The minimum atomic E-state index is 0.0855. The van der Waals surface area contributed by atoms with Crippen molar-refractivity contribution >= 4 is 0 Å². The second-order valence-corrected chi connectivity index (χ2v) is 5.88. The highest BCUT2D eigenvalue weighted by molar-refractivity contribution is 5.24. The Morgan fingerprint density at radius 1 is 1.06 bits per heavy atom. The lowest BCUT2D eigenvalue weighted by Gasteiger charge is -2.22. The summed E-state index contributed by atoms with van der Waals surface area (Å²) in [7, 11) is 0. The van der Waals surface area contributed by atoms with Crippen LogP contribution in [0.2, 0.25) is 0 Å². The third-order valence-corrected chi connectivity index (χ3v) is 2.66. The van der Waals surface area contributed by atoms with E-state index in [9.17, 15) is 0 Å². The molecule has 0 amide bonds. The summed E-state index contributed by atoms with van der Waals surface area (Å²) >= 11 is 0. The minimum absolute atomic E-state index is 0.0855. The lowest BCUT2D eigenvalue weighted by atomic mass is 10.0. The second kappa shape index (κ2) is 9.02. The van der Waals surface area contributed by atoms with Gasteiger partial charge in [-0.15, -0.1) is 0 Å². The summed E-state index contributed by atoms with van der Waals surface area (Å²) in [5, 5.41) is 3.46. The molecule has 0 spiro atoms. The molecule has 0 heterocycles. The number of nitrogens with one attached hydrogen (secondary N) is 1.